The predicted molar refractivity (Wildman–Crippen MR) is 85.4 cm³/mol. The Morgan fingerprint density at radius 2 is 1.67 bits per heavy atom. The quantitative estimate of drug-likeness (QED) is 0.343. The van der Waals surface area contributed by atoms with Crippen LogP contribution in [0.25, 0.3) is 0 Å². The lowest BCUT2D eigenvalue weighted by atomic mass is 9.75. The Hall–Kier alpha value is -2.47. The van der Waals surface area contributed by atoms with Crippen LogP contribution in [0.2, 0.25) is 0 Å². The minimum atomic E-state index is -1.97. The van der Waals surface area contributed by atoms with Gasteiger partial charge in [-0.15, -0.1) is 0 Å². The summed E-state index contributed by atoms with van der Waals surface area (Å²) in [5, 5.41) is 0. The van der Waals surface area contributed by atoms with Gasteiger partial charge >= 0.3 is 11.9 Å². The van der Waals surface area contributed by atoms with Gasteiger partial charge in [0.2, 0.25) is 5.41 Å². The lowest BCUT2D eigenvalue weighted by Gasteiger charge is -2.29. The van der Waals surface area contributed by atoms with Crippen molar-refractivity contribution in [1.82, 2.24) is 0 Å². The summed E-state index contributed by atoms with van der Waals surface area (Å²) in [6, 6.07) is 8.32. The molecule has 1 aromatic rings. The SMILES string of the molecule is C=C1COC(C(=O)c2ccccc2)C1(C(=O)OCC)C(=O)OCC. The Balaban J connectivity index is 2.51. The fraction of sp³-hybridized carbons (Fsp3) is 0.389. The molecule has 24 heavy (non-hydrogen) atoms. The molecule has 1 aliphatic heterocycles. The molecule has 1 aliphatic rings. The van der Waals surface area contributed by atoms with E-state index in [4.69, 9.17) is 14.2 Å². The van der Waals surface area contributed by atoms with Gasteiger partial charge in [-0.2, -0.15) is 0 Å². The summed E-state index contributed by atoms with van der Waals surface area (Å²) >= 11 is 0. The minimum absolute atomic E-state index is 0.0551. The molecule has 0 N–H and O–H groups in total. The summed E-state index contributed by atoms with van der Waals surface area (Å²) in [5.41, 5.74) is -1.48. The molecule has 1 atom stereocenters. The van der Waals surface area contributed by atoms with Crippen LogP contribution in [0.15, 0.2) is 42.5 Å². The molecule has 0 radical (unpaired) electrons. The maximum atomic E-state index is 12.8. The molecular weight excluding hydrogens is 312 g/mol. The van der Waals surface area contributed by atoms with Crippen LogP contribution in [0.4, 0.5) is 0 Å². The first kappa shape index (κ1) is 17.9. The molecule has 1 fully saturated rings. The molecule has 1 saturated heterocycles. The van der Waals surface area contributed by atoms with E-state index in [9.17, 15) is 14.4 Å². The van der Waals surface area contributed by atoms with E-state index in [1.165, 1.54) is 0 Å². The number of Topliss-reactive ketones (excluding diaryl/α,β-unsaturated/α-hetero) is 1. The molecule has 1 aromatic carbocycles. The van der Waals surface area contributed by atoms with Gasteiger partial charge in [-0.25, -0.2) is 0 Å². The van der Waals surface area contributed by atoms with Crippen LogP contribution in [0.3, 0.4) is 0 Å². The molecular formula is C18H20O6. The molecule has 6 heteroatoms. The second-order valence-corrected chi connectivity index (χ2v) is 5.27. The number of ether oxygens (including phenoxy) is 3. The number of esters is 2. The Morgan fingerprint density at radius 1 is 1.12 bits per heavy atom. The van der Waals surface area contributed by atoms with Crippen LogP contribution in [-0.2, 0) is 23.8 Å². The number of carbonyl (C=O) groups excluding carboxylic acids is 3. The monoisotopic (exact) mass is 332 g/mol. The van der Waals surface area contributed by atoms with Gasteiger partial charge in [0.15, 0.2) is 11.9 Å². The maximum absolute atomic E-state index is 12.8. The van der Waals surface area contributed by atoms with Gasteiger partial charge in [0.25, 0.3) is 0 Å². The average Bonchev–Trinajstić information content (AvgIpc) is 2.93. The highest BCUT2D eigenvalue weighted by Gasteiger charge is 2.64. The first-order chi connectivity index (χ1) is 11.5. The van der Waals surface area contributed by atoms with Gasteiger partial charge in [0.05, 0.1) is 19.8 Å². The maximum Gasteiger partial charge on any atom is 0.331 e. The highest BCUT2D eigenvalue weighted by molar-refractivity contribution is 6.13. The highest BCUT2D eigenvalue weighted by Crippen LogP contribution is 2.42. The van der Waals surface area contributed by atoms with E-state index < -0.39 is 29.2 Å². The Labute approximate surface area is 140 Å². The minimum Gasteiger partial charge on any atom is -0.465 e. The van der Waals surface area contributed by atoms with E-state index in [0.717, 1.165) is 0 Å². The standard InChI is InChI=1S/C18H20O6/c1-4-22-16(20)18(17(21)23-5-2)12(3)11-24-15(18)14(19)13-9-7-6-8-10-13/h6-10,15H,3-5,11H2,1-2H3. The van der Waals surface area contributed by atoms with Gasteiger partial charge in [-0.1, -0.05) is 36.9 Å². The van der Waals surface area contributed by atoms with Crippen molar-refractivity contribution in [2.75, 3.05) is 19.8 Å². The number of carbonyl (C=O) groups is 3. The van der Waals surface area contributed by atoms with Gasteiger partial charge < -0.3 is 14.2 Å². The normalized spacial score (nSPS) is 18.9. The molecule has 0 bridgehead atoms. The zero-order valence-electron chi connectivity index (χ0n) is 13.7. The molecule has 2 rings (SSSR count). The first-order valence-electron chi connectivity index (χ1n) is 7.73. The Morgan fingerprint density at radius 3 is 2.17 bits per heavy atom. The van der Waals surface area contributed by atoms with Crippen LogP contribution in [0.5, 0.6) is 0 Å². The Kier molecular flexibility index (Phi) is 5.51. The number of hydrogen-bond acceptors (Lipinski definition) is 6. The molecule has 6 nitrogen and oxygen atoms in total. The van der Waals surface area contributed by atoms with Crippen molar-refractivity contribution in [3.63, 3.8) is 0 Å². The fourth-order valence-corrected chi connectivity index (χ4v) is 2.71. The summed E-state index contributed by atoms with van der Waals surface area (Å²) in [7, 11) is 0. The molecule has 1 unspecified atom stereocenters. The van der Waals surface area contributed by atoms with Crippen molar-refractivity contribution < 1.29 is 28.6 Å². The molecule has 0 amide bonds. The third-order valence-electron chi connectivity index (χ3n) is 3.87. The van der Waals surface area contributed by atoms with Gasteiger partial charge in [-0.05, 0) is 19.4 Å². The van der Waals surface area contributed by atoms with E-state index >= 15 is 0 Å². The van der Waals surface area contributed by atoms with E-state index in [1.54, 1.807) is 44.2 Å². The van der Waals surface area contributed by atoms with E-state index in [-0.39, 0.29) is 25.4 Å². The summed E-state index contributed by atoms with van der Waals surface area (Å²) < 4.78 is 15.6. The van der Waals surface area contributed by atoms with Crippen LogP contribution in [0.1, 0.15) is 24.2 Å². The van der Waals surface area contributed by atoms with Crippen LogP contribution >= 0.6 is 0 Å². The third-order valence-corrected chi connectivity index (χ3v) is 3.87. The molecule has 128 valence electrons. The van der Waals surface area contributed by atoms with E-state index in [1.807, 2.05) is 0 Å². The topological polar surface area (TPSA) is 78.9 Å². The van der Waals surface area contributed by atoms with Crippen molar-refractivity contribution in [3.8, 4) is 0 Å². The fourth-order valence-electron chi connectivity index (χ4n) is 2.71. The third kappa shape index (κ3) is 2.85. The van der Waals surface area contributed by atoms with E-state index in [0.29, 0.717) is 5.56 Å². The number of rotatable bonds is 6. The van der Waals surface area contributed by atoms with Crippen molar-refractivity contribution in [2.24, 2.45) is 5.41 Å². The van der Waals surface area contributed by atoms with Gasteiger partial charge in [0, 0.05) is 5.56 Å². The summed E-state index contributed by atoms with van der Waals surface area (Å²) in [5.74, 6) is -2.24. The molecule has 0 spiro atoms. The van der Waals surface area contributed by atoms with Crippen LogP contribution < -0.4 is 0 Å². The molecule has 1 heterocycles. The van der Waals surface area contributed by atoms with E-state index in [2.05, 4.69) is 6.58 Å². The van der Waals surface area contributed by atoms with Gasteiger partial charge in [0.1, 0.15) is 0 Å². The first-order valence-corrected chi connectivity index (χ1v) is 7.73. The number of hydrogen-bond donors (Lipinski definition) is 0. The summed E-state index contributed by atoms with van der Waals surface area (Å²) in [6.07, 6.45) is -1.36. The number of ketones is 1. The molecule has 0 saturated carbocycles. The lowest BCUT2D eigenvalue weighted by molar-refractivity contribution is -0.171. The van der Waals surface area contributed by atoms with Crippen molar-refractivity contribution >= 4 is 17.7 Å². The smallest absolute Gasteiger partial charge is 0.331 e. The van der Waals surface area contributed by atoms with Crippen molar-refractivity contribution in [3.05, 3.63) is 48.0 Å². The lowest BCUT2D eigenvalue weighted by Crippen LogP contribution is -2.52. The van der Waals surface area contributed by atoms with Crippen LogP contribution in [-0.4, -0.2) is 43.6 Å². The largest absolute Gasteiger partial charge is 0.465 e. The number of benzene rings is 1. The van der Waals surface area contributed by atoms with Crippen LogP contribution in [0, 0.1) is 5.41 Å². The van der Waals surface area contributed by atoms with Crippen molar-refractivity contribution in [1.29, 1.82) is 0 Å². The average molecular weight is 332 g/mol. The second kappa shape index (κ2) is 7.40. The Bertz CT molecular complexity index is 631. The highest BCUT2D eigenvalue weighted by atomic mass is 16.6. The van der Waals surface area contributed by atoms with Crippen molar-refractivity contribution in [2.45, 2.75) is 20.0 Å². The second-order valence-electron chi connectivity index (χ2n) is 5.27. The summed E-state index contributed by atoms with van der Waals surface area (Å²) in [4.78, 5) is 38.1. The predicted octanol–water partition coefficient (Wildman–Crippen LogP) is 1.94. The van der Waals surface area contributed by atoms with Gasteiger partial charge in [-0.3, -0.25) is 14.4 Å². The molecule has 0 aliphatic carbocycles. The summed E-state index contributed by atoms with van der Waals surface area (Å²) in [6.45, 7) is 7.00. The zero-order valence-corrected chi connectivity index (χ0v) is 13.7. The molecule has 0 aromatic heterocycles. The zero-order chi connectivity index (χ0) is 17.7.